The zero-order chi connectivity index (χ0) is 39.0. The summed E-state index contributed by atoms with van der Waals surface area (Å²) in [4.78, 5) is 56.1. The minimum absolute atomic E-state index is 0.0254. The van der Waals surface area contributed by atoms with Gasteiger partial charge in [-0.15, -0.1) is 11.8 Å². The highest BCUT2D eigenvalue weighted by molar-refractivity contribution is 7.99. The van der Waals surface area contributed by atoms with E-state index >= 15 is 0 Å². The minimum atomic E-state index is -1.05. The summed E-state index contributed by atoms with van der Waals surface area (Å²) in [5.74, 6) is -1.51. The van der Waals surface area contributed by atoms with Gasteiger partial charge in [-0.05, 0) is 45.5 Å². The summed E-state index contributed by atoms with van der Waals surface area (Å²) in [6.45, 7) is -0.00845. The van der Waals surface area contributed by atoms with Crippen LogP contribution >= 0.6 is 11.8 Å². The number of thioether (sulfide) groups is 1. The van der Waals surface area contributed by atoms with Gasteiger partial charge in [0.15, 0.2) is 6.29 Å². The zero-order valence-electron chi connectivity index (χ0n) is 30.2. The Morgan fingerprint density at radius 1 is 0.857 bits per heavy atom. The SMILES string of the molecule is O=C(NC1CC(=O)N(Cc2ccccc2-c2ccc([C@H]3O[C@@H](CSc4ncccc4C(=O)O)C[C@@H](c4ccc(CO)cc4)O3)cc2)C1=O)OCc1ccccc1. The highest BCUT2D eigenvalue weighted by atomic mass is 32.2. The number of pyridine rings is 1. The van der Waals surface area contributed by atoms with Gasteiger partial charge in [0.05, 0.1) is 37.3 Å². The first kappa shape index (κ1) is 38.4. The average Bonchev–Trinajstić information content (AvgIpc) is 3.49. The van der Waals surface area contributed by atoms with E-state index in [1.165, 1.54) is 17.8 Å². The molecule has 12 nitrogen and oxygen atoms in total. The highest BCUT2D eigenvalue weighted by Crippen LogP contribution is 2.40. The van der Waals surface area contributed by atoms with Crippen LogP contribution in [0.3, 0.4) is 0 Å². The molecular formula is C43H39N3O9S. The fourth-order valence-electron chi connectivity index (χ4n) is 6.66. The van der Waals surface area contributed by atoms with E-state index in [0.29, 0.717) is 17.2 Å². The second-order valence-electron chi connectivity index (χ2n) is 13.4. The molecule has 1 aromatic heterocycles. The third-order valence-electron chi connectivity index (χ3n) is 9.61. The number of carboxylic acids is 1. The summed E-state index contributed by atoms with van der Waals surface area (Å²) in [6.07, 6.45) is -0.250. The van der Waals surface area contributed by atoms with Crippen LogP contribution < -0.4 is 5.32 Å². The third-order valence-corrected chi connectivity index (χ3v) is 10.7. The Hall–Kier alpha value is -5.86. The highest BCUT2D eigenvalue weighted by Gasteiger charge is 2.40. The number of aliphatic hydroxyl groups excluding tert-OH is 1. The molecule has 0 saturated carbocycles. The molecular weight excluding hydrogens is 735 g/mol. The fourth-order valence-corrected chi connectivity index (χ4v) is 7.67. The number of rotatable bonds is 13. The topological polar surface area (TPSA) is 165 Å². The summed E-state index contributed by atoms with van der Waals surface area (Å²) in [6, 6.07) is 34.0. The predicted octanol–water partition coefficient (Wildman–Crippen LogP) is 6.83. The number of nitrogens with zero attached hydrogens (tertiary/aromatic N) is 2. The molecule has 3 heterocycles. The lowest BCUT2D eigenvalue weighted by Crippen LogP contribution is -2.41. The van der Waals surface area contributed by atoms with E-state index in [2.05, 4.69) is 10.3 Å². The van der Waals surface area contributed by atoms with E-state index in [9.17, 15) is 29.4 Å². The lowest BCUT2D eigenvalue weighted by molar-refractivity contribution is -0.245. The van der Waals surface area contributed by atoms with E-state index in [-0.39, 0.29) is 44.0 Å². The van der Waals surface area contributed by atoms with Crippen molar-refractivity contribution in [1.82, 2.24) is 15.2 Å². The Morgan fingerprint density at radius 3 is 2.34 bits per heavy atom. The summed E-state index contributed by atoms with van der Waals surface area (Å²) >= 11 is 1.32. The van der Waals surface area contributed by atoms with Crippen molar-refractivity contribution in [2.75, 3.05) is 5.75 Å². The molecule has 3 N–H and O–H groups in total. The van der Waals surface area contributed by atoms with Gasteiger partial charge in [0, 0.05) is 23.9 Å². The molecule has 0 radical (unpaired) electrons. The van der Waals surface area contributed by atoms with Crippen LogP contribution in [0.2, 0.25) is 0 Å². The quantitative estimate of drug-likeness (QED) is 0.0849. The van der Waals surface area contributed by atoms with Gasteiger partial charge in [-0.25, -0.2) is 14.6 Å². The molecule has 0 spiro atoms. The van der Waals surface area contributed by atoms with E-state index < -0.39 is 36.2 Å². The van der Waals surface area contributed by atoms with Crippen molar-refractivity contribution in [2.45, 2.75) is 62.2 Å². The maximum Gasteiger partial charge on any atom is 0.408 e. The van der Waals surface area contributed by atoms with Crippen molar-refractivity contribution in [1.29, 1.82) is 0 Å². The zero-order valence-corrected chi connectivity index (χ0v) is 31.0. The summed E-state index contributed by atoms with van der Waals surface area (Å²) in [7, 11) is 0. The molecule has 0 aliphatic carbocycles. The molecule has 286 valence electrons. The number of hydrogen-bond acceptors (Lipinski definition) is 10. The first-order valence-electron chi connectivity index (χ1n) is 18.1. The molecule has 2 aliphatic rings. The fraction of sp³-hybridized carbons (Fsp3) is 0.233. The van der Waals surface area contributed by atoms with E-state index in [4.69, 9.17) is 14.2 Å². The van der Waals surface area contributed by atoms with Crippen LogP contribution in [0.1, 0.15) is 63.4 Å². The van der Waals surface area contributed by atoms with Gasteiger partial charge in [-0.3, -0.25) is 14.5 Å². The van der Waals surface area contributed by atoms with Crippen molar-refractivity contribution in [3.8, 4) is 11.1 Å². The van der Waals surface area contributed by atoms with Gasteiger partial charge >= 0.3 is 12.1 Å². The molecule has 5 aromatic rings. The second kappa shape index (κ2) is 17.7. The van der Waals surface area contributed by atoms with Crippen molar-refractivity contribution in [3.63, 3.8) is 0 Å². The Morgan fingerprint density at radius 2 is 1.59 bits per heavy atom. The second-order valence-corrected chi connectivity index (χ2v) is 14.4. The van der Waals surface area contributed by atoms with Crippen LogP contribution in [0, 0.1) is 0 Å². The molecule has 0 bridgehead atoms. The number of imide groups is 1. The van der Waals surface area contributed by atoms with Gasteiger partial charge < -0.3 is 29.7 Å². The molecule has 2 aliphatic heterocycles. The standard InChI is InChI=1S/C43H39N3O9S/c47-24-27-12-14-30(15-13-27)37-21-33(26-56-39-35(41(50)51)11-6-20-44-39)54-42(55-37)31-18-16-29(17-19-31)34-10-5-4-9-32(34)23-46-38(48)22-36(40(46)49)45-43(52)53-25-28-7-2-1-3-8-28/h1-20,33,36-37,42,47H,21-26H2,(H,45,52)(H,50,51)/t33-,36?,37+,42+/m1/s1. The molecule has 13 heteroatoms. The maximum absolute atomic E-state index is 13.3. The number of carbonyl (C=O) groups excluding carboxylic acids is 3. The van der Waals surface area contributed by atoms with E-state index in [1.807, 2.05) is 103 Å². The number of carbonyl (C=O) groups is 4. The molecule has 2 saturated heterocycles. The number of amides is 3. The van der Waals surface area contributed by atoms with Gasteiger partial charge in [-0.1, -0.05) is 103 Å². The molecule has 2 fully saturated rings. The van der Waals surface area contributed by atoms with Crippen LogP contribution in [-0.2, 0) is 43.6 Å². The van der Waals surface area contributed by atoms with Gasteiger partial charge in [0.25, 0.3) is 5.91 Å². The Bertz CT molecular complexity index is 2180. The summed E-state index contributed by atoms with van der Waals surface area (Å²) < 4.78 is 18.2. The summed E-state index contributed by atoms with van der Waals surface area (Å²) in [5.41, 5.74) is 5.81. The number of benzene rings is 4. The van der Waals surface area contributed by atoms with Crippen molar-refractivity contribution in [2.24, 2.45) is 0 Å². The third kappa shape index (κ3) is 9.15. The van der Waals surface area contributed by atoms with Crippen LogP contribution in [0.25, 0.3) is 11.1 Å². The smallest absolute Gasteiger partial charge is 0.408 e. The van der Waals surface area contributed by atoms with Crippen LogP contribution in [0.4, 0.5) is 4.79 Å². The molecule has 7 rings (SSSR count). The number of aromatic nitrogens is 1. The Balaban J connectivity index is 1.04. The van der Waals surface area contributed by atoms with Crippen LogP contribution in [0.5, 0.6) is 0 Å². The molecule has 1 unspecified atom stereocenters. The number of carboxylic acid groups (broad SMARTS) is 1. The number of hydrogen-bond donors (Lipinski definition) is 3. The monoisotopic (exact) mass is 773 g/mol. The van der Waals surface area contributed by atoms with Crippen molar-refractivity contribution < 1.29 is 43.6 Å². The van der Waals surface area contributed by atoms with Crippen LogP contribution in [0.15, 0.2) is 126 Å². The molecule has 4 atom stereocenters. The Labute approximate surface area is 327 Å². The number of likely N-dealkylation sites (tertiary alicyclic amines) is 1. The van der Waals surface area contributed by atoms with Gasteiger partial charge in [0.2, 0.25) is 5.91 Å². The molecule has 4 aromatic carbocycles. The number of nitrogens with one attached hydrogen (secondary N) is 1. The lowest BCUT2D eigenvalue weighted by atomic mass is 9.97. The van der Waals surface area contributed by atoms with Gasteiger partial charge in [0.1, 0.15) is 17.7 Å². The van der Waals surface area contributed by atoms with E-state index in [1.54, 1.807) is 12.3 Å². The van der Waals surface area contributed by atoms with Gasteiger partial charge in [-0.2, -0.15) is 0 Å². The first-order valence-corrected chi connectivity index (χ1v) is 19.1. The normalized spacial score (nSPS) is 19.5. The number of aliphatic hydroxyl groups is 1. The largest absolute Gasteiger partial charge is 0.478 e. The summed E-state index contributed by atoms with van der Waals surface area (Å²) in [5, 5.41) is 22.2. The average molecular weight is 774 g/mol. The minimum Gasteiger partial charge on any atom is -0.478 e. The molecule has 3 amide bonds. The van der Waals surface area contributed by atoms with Crippen molar-refractivity contribution in [3.05, 3.63) is 155 Å². The Kier molecular flexibility index (Phi) is 12.2. The first-order chi connectivity index (χ1) is 27.2. The predicted molar refractivity (Wildman–Crippen MR) is 206 cm³/mol. The van der Waals surface area contributed by atoms with Crippen molar-refractivity contribution >= 4 is 35.6 Å². The number of aromatic carboxylic acids is 1. The number of ether oxygens (including phenoxy) is 3. The molecule has 56 heavy (non-hydrogen) atoms. The van der Waals surface area contributed by atoms with Crippen LogP contribution in [-0.4, -0.2) is 61.9 Å². The lowest BCUT2D eigenvalue weighted by Gasteiger charge is -2.36. The maximum atomic E-state index is 13.3. The number of alkyl carbamates (subject to hydrolysis) is 1. The van der Waals surface area contributed by atoms with E-state index in [0.717, 1.165) is 43.8 Å².